The average Bonchev–Trinajstić information content (AvgIpc) is 3.22. The van der Waals surface area contributed by atoms with Gasteiger partial charge in [-0.3, -0.25) is 9.59 Å². The quantitative estimate of drug-likeness (QED) is 0.832. The van der Waals surface area contributed by atoms with Crippen LogP contribution in [0.25, 0.3) is 0 Å². The number of hydrogen-bond acceptors (Lipinski definition) is 5. The fourth-order valence-corrected chi connectivity index (χ4v) is 3.19. The van der Waals surface area contributed by atoms with Crippen LogP contribution < -0.4 is 5.32 Å². The number of nitrogens with zero attached hydrogens (tertiary/aromatic N) is 2. The first-order valence-electron chi connectivity index (χ1n) is 8.19. The number of aromatic nitrogens is 1. The fraction of sp³-hybridized carbons (Fsp3) is 0.688. The summed E-state index contributed by atoms with van der Waals surface area (Å²) in [5.74, 6) is 1.14. The van der Waals surface area contributed by atoms with Crippen molar-refractivity contribution in [2.45, 2.75) is 38.6 Å². The number of amides is 2. The van der Waals surface area contributed by atoms with E-state index in [0.29, 0.717) is 39.0 Å². The van der Waals surface area contributed by atoms with Crippen LogP contribution in [-0.2, 0) is 20.7 Å². The van der Waals surface area contributed by atoms with Gasteiger partial charge in [0.1, 0.15) is 5.76 Å². The number of hydrogen-bond donors (Lipinski definition) is 1. The number of carbonyl (C=O) groups is 2. The molecule has 0 radical (unpaired) electrons. The molecular weight excluding hydrogens is 298 g/mol. The second kappa shape index (κ2) is 7.12. The molecule has 1 aromatic heterocycles. The molecule has 0 aromatic carbocycles. The Balaban J connectivity index is 1.46. The predicted molar refractivity (Wildman–Crippen MR) is 81.6 cm³/mol. The lowest BCUT2D eigenvalue weighted by atomic mass is 9.98. The lowest BCUT2D eigenvalue weighted by Gasteiger charge is -2.19. The largest absolute Gasteiger partial charge is 0.379 e. The Morgan fingerprint density at radius 1 is 1.48 bits per heavy atom. The Kier molecular flexibility index (Phi) is 4.95. The molecule has 0 aliphatic carbocycles. The van der Waals surface area contributed by atoms with Gasteiger partial charge in [-0.15, -0.1) is 0 Å². The molecule has 2 amide bonds. The summed E-state index contributed by atoms with van der Waals surface area (Å²) in [5, 5.41) is 6.92. The van der Waals surface area contributed by atoms with E-state index in [4.69, 9.17) is 9.26 Å². The number of carbonyl (C=O) groups excluding carboxylic acids is 2. The Labute approximate surface area is 135 Å². The van der Waals surface area contributed by atoms with Crippen molar-refractivity contribution in [3.8, 4) is 0 Å². The molecule has 0 bridgehead atoms. The number of aryl methyl sites for hydroxylation is 1. The maximum Gasteiger partial charge on any atom is 0.222 e. The van der Waals surface area contributed by atoms with Crippen LogP contribution in [0.5, 0.6) is 0 Å². The zero-order valence-electron chi connectivity index (χ0n) is 13.4. The molecule has 23 heavy (non-hydrogen) atoms. The van der Waals surface area contributed by atoms with Crippen molar-refractivity contribution in [1.29, 1.82) is 0 Å². The van der Waals surface area contributed by atoms with Gasteiger partial charge in [0.05, 0.1) is 24.9 Å². The van der Waals surface area contributed by atoms with Crippen LogP contribution in [0.4, 0.5) is 0 Å². The van der Waals surface area contributed by atoms with Gasteiger partial charge < -0.3 is 19.5 Å². The van der Waals surface area contributed by atoms with Crippen LogP contribution in [0, 0.1) is 12.8 Å². The molecule has 0 saturated carbocycles. The first-order valence-corrected chi connectivity index (χ1v) is 8.19. The number of likely N-dealkylation sites (tertiary alicyclic amines) is 1. The highest BCUT2D eigenvalue weighted by atomic mass is 16.5. The van der Waals surface area contributed by atoms with E-state index in [-0.39, 0.29) is 23.8 Å². The third-order valence-corrected chi connectivity index (χ3v) is 4.47. The summed E-state index contributed by atoms with van der Waals surface area (Å²) in [5.41, 5.74) is 0.856. The summed E-state index contributed by atoms with van der Waals surface area (Å²) < 4.78 is 10.7. The molecule has 2 saturated heterocycles. The number of nitrogens with one attached hydrogen (secondary N) is 1. The van der Waals surface area contributed by atoms with Gasteiger partial charge >= 0.3 is 0 Å². The molecule has 1 aromatic rings. The summed E-state index contributed by atoms with van der Waals surface area (Å²) in [6.07, 6.45) is 2.55. The molecule has 3 heterocycles. The molecule has 0 spiro atoms. The van der Waals surface area contributed by atoms with Gasteiger partial charge in [0, 0.05) is 44.3 Å². The topological polar surface area (TPSA) is 84.7 Å². The summed E-state index contributed by atoms with van der Waals surface area (Å²) in [4.78, 5) is 25.4. The lowest BCUT2D eigenvalue weighted by Crippen LogP contribution is -2.42. The Bertz CT molecular complexity index is 571. The zero-order valence-corrected chi connectivity index (χ0v) is 13.4. The van der Waals surface area contributed by atoms with Crippen molar-refractivity contribution in [1.82, 2.24) is 15.4 Å². The maximum absolute atomic E-state index is 12.1. The lowest BCUT2D eigenvalue weighted by molar-refractivity contribution is -0.128. The molecule has 2 aliphatic heterocycles. The second-order valence-electron chi connectivity index (χ2n) is 6.34. The first kappa shape index (κ1) is 16.0. The fourth-order valence-electron chi connectivity index (χ4n) is 3.19. The highest BCUT2D eigenvalue weighted by molar-refractivity contribution is 5.80. The number of ether oxygens (including phenoxy) is 1. The average molecular weight is 321 g/mol. The molecule has 7 heteroatoms. The van der Waals surface area contributed by atoms with E-state index in [0.717, 1.165) is 24.4 Å². The summed E-state index contributed by atoms with van der Waals surface area (Å²) >= 11 is 0. The molecule has 3 rings (SSSR count). The summed E-state index contributed by atoms with van der Waals surface area (Å²) in [7, 11) is 0. The van der Waals surface area contributed by atoms with Crippen LogP contribution in [0.3, 0.4) is 0 Å². The van der Waals surface area contributed by atoms with E-state index in [1.165, 1.54) is 0 Å². The van der Waals surface area contributed by atoms with E-state index in [1.54, 1.807) is 4.90 Å². The van der Waals surface area contributed by atoms with Gasteiger partial charge in [-0.1, -0.05) is 5.16 Å². The van der Waals surface area contributed by atoms with Crippen molar-refractivity contribution in [2.75, 3.05) is 26.3 Å². The minimum atomic E-state index is -0.0287. The maximum atomic E-state index is 12.1. The number of rotatable bonds is 6. The Morgan fingerprint density at radius 3 is 3.04 bits per heavy atom. The normalized spacial score (nSPS) is 24.4. The summed E-state index contributed by atoms with van der Waals surface area (Å²) in [6.45, 7) is 4.29. The van der Waals surface area contributed by atoms with Crippen molar-refractivity contribution in [2.24, 2.45) is 5.92 Å². The molecule has 7 nitrogen and oxygen atoms in total. The van der Waals surface area contributed by atoms with Crippen molar-refractivity contribution in [3.05, 3.63) is 17.5 Å². The van der Waals surface area contributed by atoms with Gasteiger partial charge in [-0.05, 0) is 13.3 Å². The highest BCUT2D eigenvalue weighted by Gasteiger charge is 2.31. The molecule has 2 aliphatic rings. The van der Waals surface area contributed by atoms with Gasteiger partial charge in [-0.25, -0.2) is 0 Å². The van der Waals surface area contributed by atoms with Crippen LogP contribution >= 0.6 is 0 Å². The molecule has 126 valence electrons. The van der Waals surface area contributed by atoms with Crippen molar-refractivity contribution < 1.29 is 18.8 Å². The van der Waals surface area contributed by atoms with Gasteiger partial charge in [0.25, 0.3) is 0 Å². The predicted octanol–water partition coefficient (Wildman–Crippen LogP) is 0.669. The van der Waals surface area contributed by atoms with Gasteiger partial charge in [0.2, 0.25) is 11.8 Å². The van der Waals surface area contributed by atoms with Gasteiger partial charge in [0.15, 0.2) is 0 Å². The van der Waals surface area contributed by atoms with E-state index in [9.17, 15) is 9.59 Å². The zero-order chi connectivity index (χ0) is 16.2. The molecule has 1 N–H and O–H groups in total. The standard InChI is InChI=1S/C16H23N3O4/c1-11-7-13(23-18-11)8-12-9-22-10-14(12)17-15(20)4-6-19-5-2-3-16(19)21/h7,12,14H,2-6,8-10H2,1H3,(H,17,20)/t12-,14+/m1/s1. The third-order valence-electron chi connectivity index (χ3n) is 4.47. The van der Waals surface area contributed by atoms with Crippen LogP contribution in [0.2, 0.25) is 0 Å². The first-order chi connectivity index (χ1) is 11.1. The minimum Gasteiger partial charge on any atom is -0.379 e. The monoisotopic (exact) mass is 321 g/mol. The van der Waals surface area contributed by atoms with E-state index < -0.39 is 0 Å². The summed E-state index contributed by atoms with van der Waals surface area (Å²) in [6, 6.07) is 1.90. The van der Waals surface area contributed by atoms with Crippen molar-refractivity contribution in [3.63, 3.8) is 0 Å². The SMILES string of the molecule is Cc1cc(C[C@@H]2COC[C@@H]2NC(=O)CCN2CCCC2=O)on1. The smallest absolute Gasteiger partial charge is 0.222 e. The van der Waals surface area contributed by atoms with Crippen LogP contribution in [-0.4, -0.2) is 54.2 Å². The molecular formula is C16H23N3O4. The molecule has 0 unspecified atom stereocenters. The Morgan fingerprint density at radius 2 is 2.35 bits per heavy atom. The third kappa shape index (κ3) is 4.10. The van der Waals surface area contributed by atoms with E-state index >= 15 is 0 Å². The highest BCUT2D eigenvalue weighted by Crippen LogP contribution is 2.20. The second-order valence-corrected chi connectivity index (χ2v) is 6.34. The Hall–Kier alpha value is -1.89. The van der Waals surface area contributed by atoms with Crippen LogP contribution in [0.15, 0.2) is 10.6 Å². The van der Waals surface area contributed by atoms with E-state index in [2.05, 4.69) is 10.5 Å². The molecule has 2 atom stereocenters. The molecule has 2 fully saturated rings. The van der Waals surface area contributed by atoms with Gasteiger partial charge in [-0.2, -0.15) is 0 Å². The van der Waals surface area contributed by atoms with Crippen LogP contribution in [0.1, 0.15) is 30.7 Å². The van der Waals surface area contributed by atoms with Crippen molar-refractivity contribution >= 4 is 11.8 Å². The van der Waals surface area contributed by atoms with E-state index in [1.807, 2.05) is 13.0 Å². The minimum absolute atomic E-state index is 0.0119.